The molecule has 2 unspecified atom stereocenters. The van der Waals surface area contributed by atoms with Crippen LogP contribution in [-0.4, -0.2) is 27.8 Å². The maximum absolute atomic E-state index is 11.1. The summed E-state index contributed by atoms with van der Waals surface area (Å²) in [7, 11) is 0. The van der Waals surface area contributed by atoms with E-state index in [1.165, 1.54) is 0 Å². The van der Waals surface area contributed by atoms with Gasteiger partial charge in [-0.15, -0.1) is 0 Å². The number of aromatic nitrogens is 1. The molecular formula is C12H12N4O3S. The minimum Gasteiger partial charge on any atom is -0.390 e. The van der Waals surface area contributed by atoms with Crippen LogP contribution in [0.5, 0.6) is 0 Å². The summed E-state index contributed by atoms with van der Waals surface area (Å²) >= 11 is 1.08. The van der Waals surface area contributed by atoms with Crippen LogP contribution < -0.4 is 4.87 Å². The first-order valence-electron chi connectivity index (χ1n) is 5.77. The molecule has 1 aromatic carbocycles. The molecule has 7 nitrogen and oxygen atoms in total. The van der Waals surface area contributed by atoms with Gasteiger partial charge in [-0.3, -0.25) is 4.79 Å². The Morgan fingerprint density at radius 3 is 2.60 bits per heavy atom. The van der Waals surface area contributed by atoms with E-state index in [1.807, 2.05) is 0 Å². The smallest absolute Gasteiger partial charge is 0.304 e. The molecule has 0 aliphatic carbocycles. The van der Waals surface area contributed by atoms with Crippen molar-refractivity contribution in [1.29, 1.82) is 0 Å². The lowest BCUT2D eigenvalue weighted by Crippen LogP contribution is -2.21. The molecule has 0 saturated heterocycles. The van der Waals surface area contributed by atoms with E-state index in [4.69, 9.17) is 5.53 Å². The van der Waals surface area contributed by atoms with Gasteiger partial charge < -0.3 is 15.2 Å². The number of hydrogen-bond donors (Lipinski definition) is 3. The number of nitrogens with zero attached hydrogens (tertiary/aromatic N) is 3. The van der Waals surface area contributed by atoms with Gasteiger partial charge in [-0.05, 0) is 16.7 Å². The molecule has 0 aliphatic rings. The molecule has 0 radical (unpaired) electrons. The van der Waals surface area contributed by atoms with E-state index in [1.54, 1.807) is 29.6 Å². The van der Waals surface area contributed by atoms with Gasteiger partial charge >= 0.3 is 4.87 Å². The molecule has 0 fully saturated rings. The van der Waals surface area contributed by atoms with Gasteiger partial charge in [-0.2, -0.15) is 0 Å². The highest BCUT2D eigenvalue weighted by molar-refractivity contribution is 7.07. The fourth-order valence-electron chi connectivity index (χ4n) is 1.72. The molecule has 0 saturated carbocycles. The third kappa shape index (κ3) is 3.25. The number of aliphatic hydroxyl groups is 2. The van der Waals surface area contributed by atoms with Crippen LogP contribution in [-0.2, 0) is 0 Å². The van der Waals surface area contributed by atoms with Crippen molar-refractivity contribution in [3.63, 3.8) is 0 Å². The summed E-state index contributed by atoms with van der Waals surface area (Å²) in [6.45, 7) is -0.197. The van der Waals surface area contributed by atoms with Gasteiger partial charge in [0.15, 0.2) is 0 Å². The first-order valence-corrected chi connectivity index (χ1v) is 6.65. The molecule has 0 aliphatic heterocycles. The van der Waals surface area contributed by atoms with E-state index in [2.05, 4.69) is 15.0 Å². The number of thiazole rings is 1. The second-order valence-corrected chi connectivity index (χ2v) is 4.95. The molecule has 2 aromatic rings. The molecule has 1 heterocycles. The number of aliphatic hydroxyl groups excluding tert-OH is 2. The highest BCUT2D eigenvalue weighted by Gasteiger charge is 2.17. The summed E-state index contributed by atoms with van der Waals surface area (Å²) in [5, 5.41) is 24.5. The minimum absolute atomic E-state index is 0.131. The van der Waals surface area contributed by atoms with Crippen molar-refractivity contribution in [3.05, 3.63) is 55.3 Å². The summed E-state index contributed by atoms with van der Waals surface area (Å²) in [5.41, 5.74) is 10.2. The van der Waals surface area contributed by atoms with E-state index in [0.717, 1.165) is 16.9 Å². The number of benzene rings is 1. The fourth-order valence-corrected chi connectivity index (χ4v) is 2.31. The molecule has 1 aromatic heterocycles. The third-order valence-corrected chi connectivity index (χ3v) is 3.45. The van der Waals surface area contributed by atoms with Gasteiger partial charge in [0.25, 0.3) is 0 Å². The Morgan fingerprint density at radius 1 is 1.35 bits per heavy atom. The van der Waals surface area contributed by atoms with Crippen molar-refractivity contribution < 1.29 is 10.2 Å². The number of H-pyrrole nitrogens is 1. The fraction of sp³-hybridized carbons (Fsp3) is 0.250. The highest BCUT2D eigenvalue weighted by Crippen LogP contribution is 2.22. The molecule has 104 valence electrons. The van der Waals surface area contributed by atoms with Crippen LogP contribution in [0.4, 0.5) is 0 Å². The zero-order chi connectivity index (χ0) is 14.5. The average molecular weight is 292 g/mol. The predicted octanol–water partition coefficient (Wildman–Crippen LogP) is 1.81. The summed E-state index contributed by atoms with van der Waals surface area (Å²) < 4.78 is 0. The van der Waals surface area contributed by atoms with Crippen LogP contribution in [0, 0.1) is 0 Å². The Labute approximate surface area is 117 Å². The Hall–Kier alpha value is -2.12. The zero-order valence-corrected chi connectivity index (χ0v) is 11.1. The van der Waals surface area contributed by atoms with Gasteiger partial charge in [0.1, 0.15) is 6.10 Å². The van der Waals surface area contributed by atoms with Crippen molar-refractivity contribution in [3.8, 4) is 11.3 Å². The van der Waals surface area contributed by atoms with E-state index in [9.17, 15) is 15.0 Å². The topological polar surface area (TPSA) is 122 Å². The van der Waals surface area contributed by atoms with Crippen molar-refractivity contribution in [2.24, 2.45) is 5.11 Å². The van der Waals surface area contributed by atoms with E-state index < -0.39 is 12.2 Å². The van der Waals surface area contributed by atoms with Crippen molar-refractivity contribution in [1.82, 2.24) is 4.98 Å². The quantitative estimate of drug-likeness (QED) is 0.442. The lowest BCUT2D eigenvalue weighted by Gasteiger charge is -2.16. The SMILES string of the molecule is [N-]=[N+]=NCC(O)C(O)c1ccc(-c2csc(=O)[nH]2)cc1. The number of rotatable bonds is 5. The molecule has 8 heteroatoms. The summed E-state index contributed by atoms with van der Waals surface area (Å²) in [6, 6.07) is 6.76. The molecule has 3 N–H and O–H groups in total. The first-order chi connectivity index (χ1) is 9.61. The van der Waals surface area contributed by atoms with Crippen molar-refractivity contribution in [2.45, 2.75) is 12.2 Å². The van der Waals surface area contributed by atoms with Crippen LogP contribution in [0.1, 0.15) is 11.7 Å². The van der Waals surface area contributed by atoms with Gasteiger partial charge in [-0.25, -0.2) is 0 Å². The molecular weight excluding hydrogens is 280 g/mol. The minimum atomic E-state index is -1.15. The van der Waals surface area contributed by atoms with Crippen LogP contribution in [0.25, 0.3) is 21.7 Å². The third-order valence-electron chi connectivity index (χ3n) is 2.78. The monoisotopic (exact) mass is 292 g/mol. The Bertz CT molecular complexity index is 673. The van der Waals surface area contributed by atoms with Crippen LogP contribution in [0.15, 0.2) is 39.6 Å². The lowest BCUT2D eigenvalue weighted by atomic mass is 10.0. The van der Waals surface area contributed by atoms with E-state index >= 15 is 0 Å². The van der Waals surface area contributed by atoms with Crippen molar-refractivity contribution >= 4 is 11.3 Å². The van der Waals surface area contributed by atoms with Gasteiger partial charge in [0.2, 0.25) is 0 Å². The number of aromatic amines is 1. The van der Waals surface area contributed by atoms with E-state index in [-0.39, 0.29) is 11.4 Å². The molecule has 0 amide bonds. The number of nitrogens with one attached hydrogen (secondary N) is 1. The Kier molecular flexibility index (Phi) is 4.54. The second kappa shape index (κ2) is 6.36. The van der Waals surface area contributed by atoms with E-state index in [0.29, 0.717) is 11.3 Å². The highest BCUT2D eigenvalue weighted by atomic mass is 32.1. The summed E-state index contributed by atoms with van der Waals surface area (Å²) in [6.07, 6.45) is -2.28. The Morgan fingerprint density at radius 2 is 2.05 bits per heavy atom. The largest absolute Gasteiger partial charge is 0.390 e. The maximum atomic E-state index is 11.1. The van der Waals surface area contributed by atoms with Gasteiger partial charge in [0, 0.05) is 10.3 Å². The summed E-state index contributed by atoms with van der Waals surface area (Å²) in [5.74, 6) is 0. The number of hydrogen-bond acceptors (Lipinski definition) is 5. The summed E-state index contributed by atoms with van der Waals surface area (Å²) in [4.78, 5) is 16.2. The number of azide groups is 1. The predicted molar refractivity (Wildman–Crippen MR) is 75.4 cm³/mol. The molecule has 2 atom stereocenters. The standard InChI is InChI=1S/C12H12N4O3S/c13-16-14-5-10(17)11(18)8-3-1-7(2-4-8)9-6-20-12(19)15-9/h1-4,6,10-11,17-18H,5H2,(H,15,19). The molecule has 20 heavy (non-hydrogen) atoms. The zero-order valence-electron chi connectivity index (χ0n) is 10.3. The van der Waals surface area contributed by atoms with Crippen molar-refractivity contribution in [2.75, 3.05) is 6.54 Å². The van der Waals surface area contributed by atoms with Crippen LogP contribution in [0.3, 0.4) is 0 Å². The van der Waals surface area contributed by atoms with Gasteiger partial charge in [-0.1, -0.05) is 40.7 Å². The normalized spacial score (nSPS) is 13.5. The van der Waals surface area contributed by atoms with Crippen LogP contribution in [0.2, 0.25) is 0 Å². The lowest BCUT2D eigenvalue weighted by molar-refractivity contribution is 0.0244. The molecule has 0 spiro atoms. The van der Waals surface area contributed by atoms with Gasteiger partial charge in [0.05, 0.1) is 18.3 Å². The average Bonchev–Trinajstić information content (AvgIpc) is 2.90. The Balaban J connectivity index is 2.15. The first kappa shape index (κ1) is 14.3. The second-order valence-electron chi connectivity index (χ2n) is 4.11. The molecule has 2 rings (SSSR count). The van der Waals surface area contributed by atoms with Crippen LogP contribution >= 0.6 is 11.3 Å². The maximum Gasteiger partial charge on any atom is 0.304 e. The molecule has 0 bridgehead atoms.